The molecule has 1 saturated heterocycles. The van der Waals surface area contributed by atoms with Crippen molar-refractivity contribution in [1.29, 1.82) is 0 Å². The number of aromatic nitrogens is 4. The Morgan fingerprint density at radius 3 is 2.72 bits per heavy atom. The lowest BCUT2D eigenvalue weighted by Crippen LogP contribution is -2.39. The van der Waals surface area contributed by atoms with Crippen molar-refractivity contribution in [2.75, 3.05) is 13.1 Å². The van der Waals surface area contributed by atoms with Crippen LogP contribution in [0.3, 0.4) is 0 Å². The number of piperidine rings is 1. The number of rotatable bonds is 4. The van der Waals surface area contributed by atoms with Crippen molar-refractivity contribution in [1.82, 2.24) is 24.6 Å². The number of amides is 1. The monoisotopic (exact) mass is 395 g/mol. The third kappa shape index (κ3) is 4.42. The number of halogens is 1. The van der Waals surface area contributed by atoms with Gasteiger partial charge in [0.05, 0.1) is 0 Å². The van der Waals surface area contributed by atoms with Gasteiger partial charge in [-0.2, -0.15) is 10.1 Å². The van der Waals surface area contributed by atoms with Gasteiger partial charge in [-0.25, -0.2) is 9.37 Å². The van der Waals surface area contributed by atoms with Gasteiger partial charge in [0, 0.05) is 44.0 Å². The third-order valence-electron chi connectivity index (χ3n) is 4.89. The minimum Gasteiger partial charge on any atom is -0.439 e. The standard InChI is InChI=1S/C21H22FN5O2/c1-14-12-19(29-17-7-5-16(22)6-8-17)24-20(23-14)15-4-3-10-27(13-15)21(28)18-9-11-26(2)25-18/h5-9,11-12,15H,3-4,10,13H2,1-2H3. The average molecular weight is 395 g/mol. The predicted molar refractivity (Wildman–Crippen MR) is 104 cm³/mol. The van der Waals surface area contributed by atoms with Crippen LogP contribution in [0.4, 0.5) is 4.39 Å². The maximum atomic E-state index is 13.1. The molecule has 1 atom stereocenters. The summed E-state index contributed by atoms with van der Waals surface area (Å²) in [6, 6.07) is 9.26. The lowest BCUT2D eigenvalue weighted by molar-refractivity contribution is 0.0697. The Morgan fingerprint density at radius 1 is 1.21 bits per heavy atom. The molecule has 1 fully saturated rings. The number of carbonyl (C=O) groups excluding carboxylic acids is 1. The van der Waals surface area contributed by atoms with Crippen LogP contribution in [0.15, 0.2) is 42.6 Å². The van der Waals surface area contributed by atoms with E-state index in [1.807, 2.05) is 11.8 Å². The highest BCUT2D eigenvalue weighted by Gasteiger charge is 2.28. The van der Waals surface area contributed by atoms with Crippen molar-refractivity contribution < 1.29 is 13.9 Å². The van der Waals surface area contributed by atoms with Crippen LogP contribution in [0.5, 0.6) is 11.6 Å². The van der Waals surface area contributed by atoms with E-state index in [1.165, 1.54) is 12.1 Å². The Morgan fingerprint density at radius 2 is 2.00 bits per heavy atom. The largest absolute Gasteiger partial charge is 0.439 e. The molecule has 0 radical (unpaired) electrons. The van der Waals surface area contributed by atoms with E-state index in [4.69, 9.17) is 4.74 Å². The summed E-state index contributed by atoms with van der Waals surface area (Å²) in [5, 5.41) is 4.21. The van der Waals surface area contributed by atoms with Gasteiger partial charge in [0.25, 0.3) is 5.91 Å². The first-order valence-electron chi connectivity index (χ1n) is 9.56. The first-order chi connectivity index (χ1) is 14.0. The number of hydrogen-bond donors (Lipinski definition) is 0. The second-order valence-electron chi connectivity index (χ2n) is 7.23. The first-order valence-corrected chi connectivity index (χ1v) is 9.56. The molecule has 0 bridgehead atoms. The fourth-order valence-electron chi connectivity index (χ4n) is 3.48. The number of nitrogens with zero attached hydrogens (tertiary/aromatic N) is 5. The van der Waals surface area contributed by atoms with Gasteiger partial charge in [-0.05, 0) is 50.1 Å². The van der Waals surface area contributed by atoms with Gasteiger partial charge in [-0.3, -0.25) is 9.48 Å². The van der Waals surface area contributed by atoms with E-state index in [0.29, 0.717) is 36.2 Å². The van der Waals surface area contributed by atoms with Gasteiger partial charge < -0.3 is 9.64 Å². The SMILES string of the molecule is Cc1cc(Oc2ccc(F)cc2)nc(C2CCCN(C(=O)c3ccn(C)n3)C2)n1. The highest BCUT2D eigenvalue weighted by atomic mass is 19.1. The molecule has 3 heterocycles. The second kappa shape index (κ2) is 7.98. The van der Waals surface area contributed by atoms with Crippen LogP contribution in [0.2, 0.25) is 0 Å². The Balaban J connectivity index is 1.52. The van der Waals surface area contributed by atoms with E-state index in [0.717, 1.165) is 18.5 Å². The molecule has 29 heavy (non-hydrogen) atoms. The maximum absolute atomic E-state index is 13.1. The molecule has 3 aromatic rings. The molecule has 2 aromatic heterocycles. The molecule has 0 saturated carbocycles. The van der Waals surface area contributed by atoms with Crippen LogP contribution < -0.4 is 4.74 Å². The molecule has 1 aromatic carbocycles. The van der Waals surface area contributed by atoms with Crippen molar-refractivity contribution in [3.8, 4) is 11.6 Å². The Kier molecular flexibility index (Phi) is 5.24. The summed E-state index contributed by atoms with van der Waals surface area (Å²) in [6.07, 6.45) is 3.53. The number of likely N-dealkylation sites (tertiary alicyclic amines) is 1. The predicted octanol–water partition coefficient (Wildman–Crippen LogP) is 3.47. The molecule has 150 valence electrons. The van der Waals surface area contributed by atoms with Crippen molar-refractivity contribution in [3.05, 3.63) is 65.6 Å². The zero-order valence-corrected chi connectivity index (χ0v) is 16.4. The minimum absolute atomic E-state index is 0.0203. The molecule has 0 aliphatic carbocycles. The summed E-state index contributed by atoms with van der Waals surface area (Å²) in [6.45, 7) is 3.11. The molecule has 4 rings (SSSR count). The first kappa shape index (κ1) is 19.0. The molecule has 1 aliphatic heterocycles. The summed E-state index contributed by atoms with van der Waals surface area (Å²) in [4.78, 5) is 23.7. The molecular weight excluding hydrogens is 373 g/mol. The third-order valence-corrected chi connectivity index (χ3v) is 4.89. The van der Waals surface area contributed by atoms with Gasteiger partial charge in [0.1, 0.15) is 23.1 Å². The molecule has 0 N–H and O–H groups in total. The van der Waals surface area contributed by atoms with Crippen LogP contribution in [-0.4, -0.2) is 43.6 Å². The van der Waals surface area contributed by atoms with Crippen molar-refractivity contribution in [2.24, 2.45) is 7.05 Å². The van der Waals surface area contributed by atoms with Gasteiger partial charge >= 0.3 is 0 Å². The minimum atomic E-state index is -0.322. The van der Waals surface area contributed by atoms with E-state index >= 15 is 0 Å². The number of carbonyl (C=O) groups is 1. The van der Waals surface area contributed by atoms with E-state index in [-0.39, 0.29) is 17.6 Å². The van der Waals surface area contributed by atoms with Crippen LogP contribution in [0, 0.1) is 12.7 Å². The topological polar surface area (TPSA) is 73.1 Å². The summed E-state index contributed by atoms with van der Waals surface area (Å²) in [5.41, 5.74) is 1.22. The normalized spacial score (nSPS) is 16.7. The fraction of sp³-hybridized carbons (Fsp3) is 0.333. The van der Waals surface area contributed by atoms with Gasteiger partial charge in [0.15, 0.2) is 0 Å². The number of hydrogen-bond acceptors (Lipinski definition) is 5. The van der Waals surface area contributed by atoms with E-state index in [9.17, 15) is 9.18 Å². The van der Waals surface area contributed by atoms with E-state index in [2.05, 4.69) is 15.1 Å². The highest BCUT2D eigenvalue weighted by molar-refractivity contribution is 5.92. The summed E-state index contributed by atoms with van der Waals surface area (Å²) < 4.78 is 20.5. The molecule has 1 amide bonds. The van der Waals surface area contributed by atoms with Crippen LogP contribution in [-0.2, 0) is 7.05 Å². The maximum Gasteiger partial charge on any atom is 0.274 e. The molecule has 7 nitrogen and oxygen atoms in total. The van der Waals surface area contributed by atoms with Crippen molar-refractivity contribution in [3.63, 3.8) is 0 Å². The van der Waals surface area contributed by atoms with Crippen LogP contribution in [0.1, 0.15) is 40.8 Å². The zero-order valence-electron chi connectivity index (χ0n) is 16.4. The summed E-state index contributed by atoms with van der Waals surface area (Å²) in [5.74, 6) is 1.19. The van der Waals surface area contributed by atoms with E-state index < -0.39 is 0 Å². The number of benzene rings is 1. The molecule has 0 spiro atoms. The van der Waals surface area contributed by atoms with Gasteiger partial charge in [-0.15, -0.1) is 0 Å². The number of ether oxygens (including phenoxy) is 1. The fourth-order valence-corrected chi connectivity index (χ4v) is 3.48. The number of aryl methyl sites for hydroxylation is 2. The highest BCUT2D eigenvalue weighted by Crippen LogP contribution is 2.28. The Bertz CT molecular complexity index is 1020. The van der Waals surface area contributed by atoms with Crippen molar-refractivity contribution >= 4 is 5.91 Å². The van der Waals surface area contributed by atoms with Crippen LogP contribution in [0.25, 0.3) is 0 Å². The molecule has 8 heteroatoms. The van der Waals surface area contributed by atoms with Gasteiger partial charge in [0.2, 0.25) is 5.88 Å². The second-order valence-corrected chi connectivity index (χ2v) is 7.23. The lowest BCUT2D eigenvalue weighted by atomic mass is 9.96. The Hall–Kier alpha value is -3.29. The smallest absolute Gasteiger partial charge is 0.274 e. The summed E-state index contributed by atoms with van der Waals surface area (Å²) in [7, 11) is 1.79. The molecule has 1 aliphatic rings. The zero-order chi connectivity index (χ0) is 20.4. The molecule has 1 unspecified atom stereocenters. The van der Waals surface area contributed by atoms with Crippen LogP contribution >= 0.6 is 0 Å². The van der Waals surface area contributed by atoms with Crippen molar-refractivity contribution in [2.45, 2.75) is 25.7 Å². The molecular formula is C21H22FN5O2. The quantitative estimate of drug-likeness (QED) is 0.676. The summed E-state index contributed by atoms with van der Waals surface area (Å²) >= 11 is 0. The van der Waals surface area contributed by atoms with Gasteiger partial charge in [-0.1, -0.05) is 0 Å². The van der Waals surface area contributed by atoms with E-state index in [1.54, 1.807) is 42.2 Å². The average Bonchev–Trinajstić information content (AvgIpc) is 3.15. The lowest BCUT2D eigenvalue weighted by Gasteiger charge is -2.31. The Labute approximate surface area is 168 Å².